The second-order valence-corrected chi connectivity index (χ2v) is 4.64. The van der Waals surface area contributed by atoms with Crippen LogP contribution in [0.1, 0.15) is 16.7 Å². The summed E-state index contributed by atoms with van der Waals surface area (Å²) < 4.78 is 38.5. The number of halogens is 3. The molecule has 22 heavy (non-hydrogen) atoms. The molecule has 0 unspecified atom stereocenters. The van der Waals surface area contributed by atoms with Gasteiger partial charge in [-0.1, -0.05) is 54.6 Å². The summed E-state index contributed by atoms with van der Waals surface area (Å²) in [7, 11) is 0. The van der Waals surface area contributed by atoms with E-state index >= 15 is 0 Å². The van der Waals surface area contributed by atoms with Crippen molar-refractivity contribution in [2.45, 2.75) is 12.7 Å². The van der Waals surface area contributed by atoms with Crippen LogP contribution in [0.15, 0.2) is 65.7 Å². The number of nitrogens with two attached hydrogens (primary N) is 1. The van der Waals surface area contributed by atoms with Gasteiger partial charge in [-0.25, -0.2) is 0 Å². The van der Waals surface area contributed by atoms with E-state index < -0.39 is 11.7 Å². The van der Waals surface area contributed by atoms with E-state index in [1.165, 1.54) is 12.1 Å². The molecule has 0 amide bonds. The number of alkyl halides is 3. The number of aliphatic imine (C=N–C) groups is 1. The molecule has 0 aromatic heterocycles. The molecule has 0 atom stereocenters. The molecule has 0 fully saturated rings. The number of hydrogen-bond acceptors (Lipinski definition) is 1. The van der Waals surface area contributed by atoms with Crippen LogP contribution < -0.4 is 5.73 Å². The van der Waals surface area contributed by atoms with Crippen molar-refractivity contribution in [2.24, 2.45) is 10.7 Å². The fourth-order valence-electron chi connectivity index (χ4n) is 1.91. The van der Waals surface area contributed by atoms with E-state index in [4.69, 9.17) is 5.73 Å². The monoisotopic (exact) mass is 304 g/mol. The van der Waals surface area contributed by atoms with Crippen LogP contribution in [0, 0.1) is 0 Å². The van der Waals surface area contributed by atoms with Gasteiger partial charge in [-0.2, -0.15) is 13.2 Å². The van der Waals surface area contributed by atoms with E-state index in [9.17, 15) is 13.2 Å². The third kappa shape index (κ3) is 4.48. The SMILES string of the molecule is NC(C=Cc1ccccc1)=NCc1ccccc1C(F)(F)F. The van der Waals surface area contributed by atoms with Crippen molar-refractivity contribution in [1.29, 1.82) is 0 Å². The van der Waals surface area contributed by atoms with Crippen LogP contribution in [0.2, 0.25) is 0 Å². The van der Waals surface area contributed by atoms with E-state index in [0.29, 0.717) is 0 Å². The maximum Gasteiger partial charge on any atom is 0.416 e. The van der Waals surface area contributed by atoms with Crippen LogP contribution in [-0.2, 0) is 12.7 Å². The topological polar surface area (TPSA) is 38.4 Å². The molecule has 2 aromatic rings. The maximum atomic E-state index is 12.8. The quantitative estimate of drug-likeness (QED) is 0.664. The summed E-state index contributed by atoms with van der Waals surface area (Å²) in [6.45, 7) is -0.110. The van der Waals surface area contributed by atoms with Gasteiger partial charge in [-0.15, -0.1) is 0 Å². The lowest BCUT2D eigenvalue weighted by atomic mass is 10.1. The van der Waals surface area contributed by atoms with E-state index in [-0.39, 0.29) is 17.9 Å². The molecule has 0 spiro atoms. The smallest absolute Gasteiger partial charge is 0.384 e. The summed E-state index contributed by atoms with van der Waals surface area (Å²) >= 11 is 0. The molecular weight excluding hydrogens is 289 g/mol. The molecule has 0 heterocycles. The fraction of sp³-hybridized carbons (Fsp3) is 0.118. The summed E-state index contributed by atoms with van der Waals surface area (Å²) in [6, 6.07) is 14.8. The lowest BCUT2D eigenvalue weighted by Crippen LogP contribution is -2.11. The Labute approximate surface area is 126 Å². The van der Waals surface area contributed by atoms with Crippen LogP contribution in [0.3, 0.4) is 0 Å². The average molecular weight is 304 g/mol. The van der Waals surface area contributed by atoms with Crippen LogP contribution >= 0.6 is 0 Å². The molecule has 0 saturated carbocycles. The molecule has 2 N–H and O–H groups in total. The summed E-state index contributed by atoms with van der Waals surface area (Å²) in [5.41, 5.74) is 6.07. The summed E-state index contributed by atoms with van der Waals surface area (Å²) in [6.07, 6.45) is -1.05. The maximum absolute atomic E-state index is 12.8. The molecule has 5 heteroatoms. The molecule has 2 nitrogen and oxygen atoms in total. The Morgan fingerprint density at radius 2 is 1.64 bits per heavy atom. The number of rotatable bonds is 4. The molecular formula is C17H15F3N2. The fourth-order valence-corrected chi connectivity index (χ4v) is 1.91. The molecule has 2 rings (SSSR count). The first-order valence-electron chi connectivity index (χ1n) is 6.65. The molecule has 0 aliphatic rings. The zero-order chi connectivity index (χ0) is 16.0. The lowest BCUT2D eigenvalue weighted by molar-refractivity contribution is -0.138. The molecule has 2 aromatic carbocycles. The third-order valence-electron chi connectivity index (χ3n) is 3.00. The van der Waals surface area contributed by atoms with Gasteiger partial charge < -0.3 is 5.73 Å². The second-order valence-electron chi connectivity index (χ2n) is 4.64. The molecule has 0 bridgehead atoms. The van der Waals surface area contributed by atoms with Crippen molar-refractivity contribution in [1.82, 2.24) is 0 Å². The molecule has 0 aliphatic heterocycles. The number of benzene rings is 2. The average Bonchev–Trinajstić information content (AvgIpc) is 2.51. The van der Waals surface area contributed by atoms with Crippen molar-refractivity contribution in [3.8, 4) is 0 Å². The Hall–Kier alpha value is -2.56. The molecule has 0 aliphatic carbocycles. The Bertz CT molecular complexity index is 674. The minimum absolute atomic E-state index is 0.103. The Balaban J connectivity index is 2.10. The van der Waals surface area contributed by atoms with Crippen LogP contribution in [0.5, 0.6) is 0 Å². The Morgan fingerprint density at radius 3 is 2.32 bits per heavy atom. The van der Waals surface area contributed by atoms with Gasteiger partial charge >= 0.3 is 6.18 Å². The first kappa shape index (κ1) is 15.8. The number of nitrogens with zero attached hydrogens (tertiary/aromatic N) is 1. The van der Waals surface area contributed by atoms with E-state index in [1.54, 1.807) is 18.2 Å². The summed E-state index contributed by atoms with van der Waals surface area (Å²) in [5.74, 6) is 0.181. The zero-order valence-electron chi connectivity index (χ0n) is 11.7. The van der Waals surface area contributed by atoms with Crippen molar-refractivity contribution < 1.29 is 13.2 Å². The lowest BCUT2D eigenvalue weighted by Gasteiger charge is -2.10. The highest BCUT2D eigenvalue weighted by Crippen LogP contribution is 2.32. The number of hydrogen-bond donors (Lipinski definition) is 1. The van der Waals surface area contributed by atoms with Crippen LogP contribution in [0.25, 0.3) is 6.08 Å². The van der Waals surface area contributed by atoms with E-state index in [2.05, 4.69) is 4.99 Å². The third-order valence-corrected chi connectivity index (χ3v) is 3.00. The first-order chi connectivity index (χ1) is 10.5. The van der Waals surface area contributed by atoms with Crippen molar-refractivity contribution in [3.05, 3.63) is 77.4 Å². The first-order valence-corrected chi connectivity index (χ1v) is 6.65. The van der Waals surface area contributed by atoms with Gasteiger partial charge in [0.15, 0.2) is 0 Å². The number of amidine groups is 1. The van der Waals surface area contributed by atoms with Crippen molar-refractivity contribution >= 4 is 11.9 Å². The van der Waals surface area contributed by atoms with Crippen molar-refractivity contribution in [2.75, 3.05) is 0 Å². The second kappa shape index (κ2) is 6.93. The predicted octanol–water partition coefficient (Wildman–Crippen LogP) is 4.28. The van der Waals surface area contributed by atoms with Gasteiger partial charge in [-0.05, 0) is 23.3 Å². The predicted molar refractivity (Wildman–Crippen MR) is 82.2 cm³/mol. The molecule has 0 saturated heterocycles. The van der Waals surface area contributed by atoms with E-state index in [1.807, 2.05) is 30.3 Å². The van der Waals surface area contributed by atoms with Gasteiger partial charge in [0.25, 0.3) is 0 Å². The summed E-state index contributed by atoms with van der Waals surface area (Å²) in [4.78, 5) is 3.99. The largest absolute Gasteiger partial charge is 0.416 e. The van der Waals surface area contributed by atoms with Crippen molar-refractivity contribution in [3.63, 3.8) is 0 Å². The minimum Gasteiger partial charge on any atom is -0.384 e. The van der Waals surface area contributed by atoms with Crippen LogP contribution in [-0.4, -0.2) is 5.84 Å². The van der Waals surface area contributed by atoms with Gasteiger partial charge in [0.1, 0.15) is 5.84 Å². The highest BCUT2D eigenvalue weighted by molar-refractivity contribution is 5.95. The van der Waals surface area contributed by atoms with Crippen LogP contribution in [0.4, 0.5) is 13.2 Å². The van der Waals surface area contributed by atoms with Gasteiger partial charge in [0.05, 0.1) is 12.1 Å². The summed E-state index contributed by atoms with van der Waals surface area (Å²) in [5, 5.41) is 0. The molecule has 0 radical (unpaired) electrons. The van der Waals surface area contributed by atoms with Gasteiger partial charge in [0.2, 0.25) is 0 Å². The van der Waals surface area contributed by atoms with Gasteiger partial charge in [-0.3, -0.25) is 4.99 Å². The van der Waals surface area contributed by atoms with Gasteiger partial charge in [0, 0.05) is 0 Å². The van der Waals surface area contributed by atoms with E-state index in [0.717, 1.165) is 11.6 Å². The molecule has 114 valence electrons. The highest BCUT2D eigenvalue weighted by Gasteiger charge is 2.32. The highest BCUT2D eigenvalue weighted by atomic mass is 19.4. The standard InChI is InChI=1S/C17H15F3N2/c18-17(19,20)15-9-5-4-8-14(15)12-22-16(21)11-10-13-6-2-1-3-7-13/h1-11H,12H2,(H2,21,22). The zero-order valence-corrected chi connectivity index (χ0v) is 11.7. The Kier molecular flexibility index (Phi) is 4.99. The minimum atomic E-state index is -4.39. The Morgan fingerprint density at radius 1 is 1.00 bits per heavy atom. The normalized spacial score (nSPS) is 12.8.